The molecule has 0 bridgehead atoms. The van der Waals surface area contributed by atoms with Crippen LogP contribution in [0.3, 0.4) is 0 Å². The molecule has 0 heterocycles. The lowest BCUT2D eigenvalue weighted by Gasteiger charge is -2.12. The summed E-state index contributed by atoms with van der Waals surface area (Å²) >= 11 is 6.00. The van der Waals surface area contributed by atoms with Crippen molar-refractivity contribution in [2.45, 2.75) is 4.90 Å². The van der Waals surface area contributed by atoms with E-state index in [2.05, 4.69) is 36.6 Å². The Kier molecular flexibility index (Phi) is 5.08. The third kappa shape index (κ3) is 3.58. The van der Waals surface area contributed by atoms with E-state index < -0.39 is 21.7 Å². The largest absolute Gasteiger partial charge is 0.494 e. The molecule has 118 valence electrons. The molecule has 2 aromatic rings. The zero-order chi connectivity index (χ0) is 16.5. The number of nitrogens with one attached hydrogen (secondary N) is 1. The molecular weight excluding hydrogens is 448 g/mol. The van der Waals surface area contributed by atoms with Crippen molar-refractivity contribution in [2.75, 3.05) is 11.8 Å². The molecule has 0 aliphatic heterocycles. The first-order chi connectivity index (χ1) is 10.2. The molecule has 1 N–H and O–H groups in total. The summed E-state index contributed by atoms with van der Waals surface area (Å²) in [7, 11) is -2.75. The van der Waals surface area contributed by atoms with Crippen molar-refractivity contribution in [3.63, 3.8) is 0 Å². The molecule has 0 fully saturated rings. The summed E-state index contributed by atoms with van der Waals surface area (Å²) in [6, 6.07) is 5.68. The van der Waals surface area contributed by atoms with Crippen LogP contribution in [0.15, 0.2) is 44.2 Å². The molecule has 2 aromatic carbocycles. The second kappa shape index (κ2) is 6.51. The summed E-state index contributed by atoms with van der Waals surface area (Å²) in [6.07, 6.45) is 0. The molecule has 0 aliphatic rings. The van der Waals surface area contributed by atoms with Crippen molar-refractivity contribution in [1.82, 2.24) is 0 Å². The van der Waals surface area contributed by atoms with Gasteiger partial charge in [-0.25, -0.2) is 17.2 Å². The normalized spacial score (nSPS) is 11.3. The molecule has 0 radical (unpaired) electrons. The predicted molar refractivity (Wildman–Crippen MR) is 85.6 cm³/mol. The summed E-state index contributed by atoms with van der Waals surface area (Å²) < 4.78 is 58.6. The van der Waals surface area contributed by atoms with Crippen molar-refractivity contribution >= 4 is 47.6 Å². The Balaban J connectivity index is 2.42. The number of anilines is 1. The zero-order valence-electron chi connectivity index (χ0n) is 11.0. The van der Waals surface area contributed by atoms with Crippen LogP contribution >= 0.6 is 31.9 Å². The van der Waals surface area contributed by atoms with Gasteiger partial charge in [0.2, 0.25) is 0 Å². The smallest absolute Gasteiger partial charge is 0.264 e. The Bertz CT molecular complexity index is 805. The van der Waals surface area contributed by atoms with E-state index in [9.17, 15) is 17.2 Å². The number of benzene rings is 2. The topological polar surface area (TPSA) is 55.4 Å². The van der Waals surface area contributed by atoms with Crippen molar-refractivity contribution in [1.29, 1.82) is 0 Å². The fourth-order valence-corrected chi connectivity index (χ4v) is 5.30. The van der Waals surface area contributed by atoms with Gasteiger partial charge in [-0.1, -0.05) is 0 Å². The lowest BCUT2D eigenvalue weighted by Crippen LogP contribution is -2.14. The van der Waals surface area contributed by atoms with Gasteiger partial charge < -0.3 is 4.74 Å². The SMILES string of the molecule is COc1ccc(NS(=O)(=O)c2c(Br)cc(F)cc2Br)cc1F. The van der Waals surface area contributed by atoms with Crippen molar-refractivity contribution in [3.05, 3.63) is 50.9 Å². The van der Waals surface area contributed by atoms with E-state index in [4.69, 9.17) is 4.74 Å². The molecule has 9 heteroatoms. The molecule has 4 nitrogen and oxygen atoms in total. The number of ether oxygens (including phenoxy) is 1. The molecule has 2 rings (SSSR count). The molecule has 0 atom stereocenters. The summed E-state index contributed by atoms with van der Waals surface area (Å²) in [6.45, 7) is 0. The van der Waals surface area contributed by atoms with E-state index in [1.165, 1.54) is 19.2 Å². The minimum atomic E-state index is -4.05. The zero-order valence-corrected chi connectivity index (χ0v) is 15.0. The lowest BCUT2D eigenvalue weighted by atomic mass is 10.3. The quantitative estimate of drug-likeness (QED) is 0.746. The number of hydrogen-bond acceptors (Lipinski definition) is 3. The standard InChI is InChI=1S/C13H9Br2F2NO3S/c1-21-12-3-2-8(6-11(12)17)18-22(19,20)13-9(14)4-7(16)5-10(13)15/h2-6,18H,1H3. The van der Waals surface area contributed by atoms with E-state index >= 15 is 0 Å². The number of hydrogen-bond donors (Lipinski definition) is 1. The summed E-state index contributed by atoms with van der Waals surface area (Å²) in [4.78, 5) is -0.190. The van der Waals surface area contributed by atoms with Crippen LogP contribution in [0.5, 0.6) is 5.75 Å². The second-order valence-corrected chi connectivity index (χ2v) is 7.48. The van der Waals surface area contributed by atoms with E-state index in [1.807, 2.05) is 0 Å². The maximum absolute atomic E-state index is 13.6. The highest BCUT2D eigenvalue weighted by Crippen LogP contribution is 2.32. The summed E-state index contributed by atoms with van der Waals surface area (Å²) in [5.74, 6) is -1.32. The molecule has 0 unspecified atom stereocenters. The Morgan fingerprint density at radius 1 is 1.09 bits per heavy atom. The molecule has 0 amide bonds. The van der Waals surface area contributed by atoms with Crippen LogP contribution in [-0.4, -0.2) is 15.5 Å². The maximum Gasteiger partial charge on any atom is 0.264 e. The molecule has 0 spiro atoms. The third-order valence-corrected chi connectivity index (χ3v) is 5.89. The van der Waals surface area contributed by atoms with Crippen LogP contribution in [0, 0.1) is 11.6 Å². The van der Waals surface area contributed by atoms with Crippen LogP contribution < -0.4 is 9.46 Å². The van der Waals surface area contributed by atoms with Crippen LogP contribution in [0.25, 0.3) is 0 Å². The van der Waals surface area contributed by atoms with E-state index in [0.29, 0.717) is 0 Å². The third-order valence-electron chi connectivity index (χ3n) is 2.64. The number of methoxy groups -OCH3 is 1. The minimum Gasteiger partial charge on any atom is -0.494 e. The van der Waals surface area contributed by atoms with Crippen LogP contribution in [0.1, 0.15) is 0 Å². The lowest BCUT2D eigenvalue weighted by molar-refractivity contribution is 0.386. The average molecular weight is 457 g/mol. The van der Waals surface area contributed by atoms with E-state index in [-0.39, 0.29) is 25.3 Å². The van der Waals surface area contributed by atoms with Gasteiger partial charge in [-0.05, 0) is 56.1 Å². The predicted octanol–water partition coefficient (Wildman–Crippen LogP) is 4.30. The highest BCUT2D eigenvalue weighted by atomic mass is 79.9. The first kappa shape index (κ1) is 17.2. The highest BCUT2D eigenvalue weighted by molar-refractivity contribution is 9.11. The first-order valence-corrected chi connectivity index (χ1v) is 8.82. The van der Waals surface area contributed by atoms with Gasteiger partial charge in [0.15, 0.2) is 11.6 Å². The van der Waals surface area contributed by atoms with Crippen LogP contribution in [0.2, 0.25) is 0 Å². The number of halogens is 4. The van der Waals surface area contributed by atoms with E-state index in [0.717, 1.165) is 18.2 Å². The Labute approximate surface area is 142 Å². The first-order valence-electron chi connectivity index (χ1n) is 5.75. The molecular formula is C13H9Br2F2NO3S. The van der Waals surface area contributed by atoms with Gasteiger partial charge >= 0.3 is 0 Å². The van der Waals surface area contributed by atoms with Gasteiger partial charge in [-0.3, -0.25) is 4.72 Å². The fourth-order valence-electron chi connectivity index (χ4n) is 1.72. The van der Waals surface area contributed by atoms with Gasteiger partial charge in [-0.2, -0.15) is 0 Å². The van der Waals surface area contributed by atoms with Gasteiger partial charge in [-0.15, -0.1) is 0 Å². The average Bonchev–Trinajstić information content (AvgIpc) is 2.36. The van der Waals surface area contributed by atoms with E-state index in [1.54, 1.807) is 0 Å². The van der Waals surface area contributed by atoms with Gasteiger partial charge in [0.05, 0.1) is 12.8 Å². The highest BCUT2D eigenvalue weighted by Gasteiger charge is 2.22. The van der Waals surface area contributed by atoms with Crippen LogP contribution in [0.4, 0.5) is 14.5 Å². The fraction of sp³-hybridized carbons (Fsp3) is 0.0769. The summed E-state index contributed by atoms with van der Waals surface area (Å²) in [5, 5.41) is 0. The molecule has 0 saturated heterocycles. The van der Waals surface area contributed by atoms with Crippen molar-refractivity contribution in [3.8, 4) is 5.75 Å². The van der Waals surface area contributed by atoms with Gasteiger partial charge in [0, 0.05) is 15.0 Å². The minimum absolute atomic E-state index is 0.00732. The van der Waals surface area contributed by atoms with Gasteiger partial charge in [0.1, 0.15) is 10.7 Å². The number of sulfonamides is 1. The Hall–Kier alpha value is -1.19. The molecule has 0 aliphatic carbocycles. The molecule has 22 heavy (non-hydrogen) atoms. The second-order valence-electron chi connectivity index (χ2n) is 4.15. The van der Waals surface area contributed by atoms with Crippen molar-refractivity contribution < 1.29 is 21.9 Å². The van der Waals surface area contributed by atoms with Gasteiger partial charge in [0.25, 0.3) is 10.0 Å². The summed E-state index contributed by atoms with van der Waals surface area (Å²) in [5.41, 5.74) is 0.0152. The Morgan fingerprint density at radius 3 is 2.18 bits per heavy atom. The molecule has 0 saturated carbocycles. The molecule has 0 aromatic heterocycles. The van der Waals surface area contributed by atoms with Crippen LogP contribution in [-0.2, 0) is 10.0 Å². The Morgan fingerprint density at radius 2 is 1.68 bits per heavy atom. The number of rotatable bonds is 4. The monoisotopic (exact) mass is 455 g/mol. The maximum atomic E-state index is 13.6. The van der Waals surface area contributed by atoms with Crippen molar-refractivity contribution in [2.24, 2.45) is 0 Å².